The molecule has 1 N–H and O–H groups in total. The lowest BCUT2D eigenvalue weighted by Crippen LogP contribution is -2.23. The van der Waals surface area contributed by atoms with E-state index in [1.165, 1.54) is 13.8 Å². The van der Waals surface area contributed by atoms with Crippen molar-refractivity contribution in [1.82, 2.24) is 5.32 Å². The van der Waals surface area contributed by atoms with Crippen molar-refractivity contribution in [2.75, 3.05) is 0 Å². The number of carbonyl (C=O) groups excluding carboxylic acids is 2. The fraction of sp³-hybridized carbons (Fsp3) is 0.455. The number of Topliss-reactive ketones (excluding diaryl/α,β-unsaturated/α-hetero) is 2. The van der Waals surface area contributed by atoms with Crippen LogP contribution in [0.5, 0.6) is 0 Å². The SMILES string of the molecule is CC(=O)C1=C(C)NC(C)=C(C(C)=O)C1. The molecule has 0 atom stereocenters. The summed E-state index contributed by atoms with van der Waals surface area (Å²) in [7, 11) is 0. The van der Waals surface area contributed by atoms with Gasteiger partial charge in [0.2, 0.25) is 0 Å². The number of ketones is 2. The summed E-state index contributed by atoms with van der Waals surface area (Å²) in [4.78, 5) is 22.5. The third-order valence-electron chi connectivity index (χ3n) is 2.48. The minimum atomic E-state index is 0.0289. The summed E-state index contributed by atoms with van der Waals surface area (Å²) in [5, 5.41) is 3.06. The zero-order chi connectivity index (χ0) is 10.9. The van der Waals surface area contributed by atoms with Gasteiger partial charge in [-0.15, -0.1) is 0 Å². The van der Waals surface area contributed by atoms with Gasteiger partial charge < -0.3 is 5.32 Å². The number of hydrogen-bond acceptors (Lipinski definition) is 3. The van der Waals surface area contributed by atoms with Crippen LogP contribution in [0.2, 0.25) is 0 Å². The van der Waals surface area contributed by atoms with Gasteiger partial charge in [-0.25, -0.2) is 0 Å². The van der Waals surface area contributed by atoms with E-state index in [1.807, 2.05) is 13.8 Å². The van der Waals surface area contributed by atoms with Gasteiger partial charge in [0.05, 0.1) is 0 Å². The van der Waals surface area contributed by atoms with Gasteiger partial charge >= 0.3 is 0 Å². The highest BCUT2D eigenvalue weighted by atomic mass is 16.1. The van der Waals surface area contributed by atoms with E-state index in [0.29, 0.717) is 17.6 Å². The molecule has 1 aliphatic heterocycles. The van der Waals surface area contributed by atoms with Gasteiger partial charge in [-0.3, -0.25) is 9.59 Å². The van der Waals surface area contributed by atoms with Crippen LogP contribution in [0.15, 0.2) is 22.5 Å². The Morgan fingerprint density at radius 2 is 1.36 bits per heavy atom. The Bertz CT molecular complexity index is 327. The van der Waals surface area contributed by atoms with Crippen molar-refractivity contribution in [3.63, 3.8) is 0 Å². The Labute approximate surface area is 83.9 Å². The number of allylic oxidation sites excluding steroid dienone is 4. The molecule has 0 fully saturated rings. The van der Waals surface area contributed by atoms with Crippen molar-refractivity contribution in [3.8, 4) is 0 Å². The molecule has 0 aliphatic carbocycles. The molecule has 3 heteroatoms. The highest BCUT2D eigenvalue weighted by Crippen LogP contribution is 2.23. The molecule has 0 saturated carbocycles. The molecule has 0 amide bonds. The summed E-state index contributed by atoms with van der Waals surface area (Å²) in [6.07, 6.45) is 0.468. The summed E-state index contributed by atoms with van der Waals surface area (Å²) >= 11 is 0. The maximum absolute atomic E-state index is 11.3. The maximum Gasteiger partial charge on any atom is 0.157 e. The van der Waals surface area contributed by atoms with Crippen LogP contribution in [0.3, 0.4) is 0 Å². The van der Waals surface area contributed by atoms with Crippen LogP contribution in [-0.2, 0) is 9.59 Å². The predicted octanol–water partition coefficient (Wildman–Crippen LogP) is 1.71. The van der Waals surface area contributed by atoms with Crippen molar-refractivity contribution in [1.29, 1.82) is 0 Å². The Balaban J connectivity index is 3.03. The molecule has 1 rings (SSSR count). The molecule has 0 bridgehead atoms. The Hall–Kier alpha value is -1.38. The summed E-state index contributed by atoms with van der Waals surface area (Å²) in [6.45, 7) is 6.77. The van der Waals surface area contributed by atoms with E-state index in [-0.39, 0.29) is 11.6 Å². The average molecular weight is 193 g/mol. The largest absolute Gasteiger partial charge is 0.362 e. The van der Waals surface area contributed by atoms with Crippen molar-refractivity contribution in [2.45, 2.75) is 34.1 Å². The summed E-state index contributed by atoms with van der Waals surface area (Å²) in [6, 6.07) is 0. The van der Waals surface area contributed by atoms with Crippen molar-refractivity contribution in [3.05, 3.63) is 22.5 Å². The van der Waals surface area contributed by atoms with Gasteiger partial charge in [-0.1, -0.05) is 0 Å². The normalized spacial score (nSPS) is 16.9. The van der Waals surface area contributed by atoms with E-state index in [0.717, 1.165) is 11.4 Å². The number of dihydropyridines is 1. The Morgan fingerprint density at radius 3 is 1.64 bits per heavy atom. The lowest BCUT2D eigenvalue weighted by Gasteiger charge is -2.21. The first-order chi connectivity index (χ1) is 6.43. The molecular formula is C11H15NO2. The standard InChI is InChI=1S/C11H15NO2/c1-6-10(8(3)13)5-11(9(4)14)7(2)12-6/h12H,5H2,1-4H3. The van der Waals surface area contributed by atoms with Crippen molar-refractivity contribution in [2.24, 2.45) is 0 Å². The minimum Gasteiger partial charge on any atom is -0.362 e. The summed E-state index contributed by atoms with van der Waals surface area (Å²) in [5.41, 5.74) is 3.14. The average Bonchev–Trinajstić information content (AvgIpc) is 2.02. The molecule has 3 nitrogen and oxygen atoms in total. The van der Waals surface area contributed by atoms with Crippen LogP contribution in [0, 0.1) is 0 Å². The molecule has 76 valence electrons. The number of nitrogens with one attached hydrogen (secondary N) is 1. The molecule has 14 heavy (non-hydrogen) atoms. The van der Waals surface area contributed by atoms with Crippen LogP contribution < -0.4 is 5.32 Å². The monoisotopic (exact) mass is 193 g/mol. The van der Waals surface area contributed by atoms with E-state index in [9.17, 15) is 9.59 Å². The second-order valence-electron chi connectivity index (χ2n) is 3.62. The molecule has 0 spiro atoms. The highest BCUT2D eigenvalue weighted by Gasteiger charge is 2.20. The molecule has 0 aromatic rings. The molecule has 0 radical (unpaired) electrons. The predicted molar refractivity (Wildman–Crippen MR) is 54.5 cm³/mol. The second kappa shape index (κ2) is 3.78. The van der Waals surface area contributed by atoms with E-state index in [2.05, 4.69) is 5.32 Å². The van der Waals surface area contributed by atoms with E-state index < -0.39 is 0 Å². The van der Waals surface area contributed by atoms with Gasteiger partial charge in [0.15, 0.2) is 11.6 Å². The molecule has 0 aromatic heterocycles. The third kappa shape index (κ3) is 1.92. The topological polar surface area (TPSA) is 46.2 Å². The summed E-state index contributed by atoms with van der Waals surface area (Å²) in [5.74, 6) is 0.0579. The Kier molecular flexibility index (Phi) is 2.89. The van der Waals surface area contributed by atoms with E-state index in [4.69, 9.17) is 0 Å². The zero-order valence-corrected chi connectivity index (χ0v) is 9.02. The molecule has 0 saturated heterocycles. The number of rotatable bonds is 2. The van der Waals surface area contributed by atoms with Gasteiger partial charge in [-0.05, 0) is 27.7 Å². The van der Waals surface area contributed by atoms with Crippen molar-refractivity contribution >= 4 is 11.6 Å². The minimum absolute atomic E-state index is 0.0289. The van der Waals surface area contributed by atoms with Gasteiger partial charge in [-0.2, -0.15) is 0 Å². The van der Waals surface area contributed by atoms with Gasteiger partial charge in [0.1, 0.15) is 0 Å². The molecule has 1 heterocycles. The molecule has 0 aromatic carbocycles. The zero-order valence-electron chi connectivity index (χ0n) is 9.02. The maximum atomic E-state index is 11.3. The van der Waals surface area contributed by atoms with Gasteiger partial charge in [0, 0.05) is 29.0 Å². The van der Waals surface area contributed by atoms with E-state index in [1.54, 1.807) is 0 Å². The van der Waals surface area contributed by atoms with Crippen molar-refractivity contribution < 1.29 is 9.59 Å². The lowest BCUT2D eigenvalue weighted by molar-refractivity contribution is -0.114. The fourth-order valence-corrected chi connectivity index (χ4v) is 1.65. The van der Waals surface area contributed by atoms with E-state index >= 15 is 0 Å². The van der Waals surface area contributed by atoms with Crippen LogP contribution in [0.4, 0.5) is 0 Å². The van der Waals surface area contributed by atoms with Crippen LogP contribution in [0.25, 0.3) is 0 Å². The third-order valence-corrected chi connectivity index (χ3v) is 2.48. The first-order valence-electron chi connectivity index (χ1n) is 4.62. The quantitative estimate of drug-likeness (QED) is 0.726. The molecule has 1 aliphatic rings. The van der Waals surface area contributed by atoms with Gasteiger partial charge in [0.25, 0.3) is 0 Å². The highest BCUT2D eigenvalue weighted by molar-refractivity contribution is 6.00. The van der Waals surface area contributed by atoms with Crippen LogP contribution in [-0.4, -0.2) is 11.6 Å². The molecule has 0 unspecified atom stereocenters. The van der Waals surface area contributed by atoms with Crippen LogP contribution >= 0.6 is 0 Å². The van der Waals surface area contributed by atoms with Crippen LogP contribution in [0.1, 0.15) is 34.1 Å². The first kappa shape index (κ1) is 10.7. The summed E-state index contributed by atoms with van der Waals surface area (Å²) < 4.78 is 0. The first-order valence-corrected chi connectivity index (χ1v) is 4.62. The fourth-order valence-electron chi connectivity index (χ4n) is 1.65. The Morgan fingerprint density at radius 1 is 1.00 bits per heavy atom. The molecular weight excluding hydrogens is 178 g/mol. The number of carbonyl (C=O) groups is 2. The lowest BCUT2D eigenvalue weighted by atomic mass is 9.94. The smallest absolute Gasteiger partial charge is 0.157 e. The second-order valence-corrected chi connectivity index (χ2v) is 3.62. The number of hydrogen-bond donors (Lipinski definition) is 1.